The van der Waals surface area contributed by atoms with Crippen LogP contribution in [-0.4, -0.2) is 15.0 Å². The predicted octanol–water partition coefficient (Wildman–Crippen LogP) is 10.1. The van der Waals surface area contributed by atoms with E-state index in [2.05, 4.69) is 143 Å². The third kappa shape index (κ3) is 7.04. The number of benzene rings is 1. The molecule has 0 amide bonds. The van der Waals surface area contributed by atoms with Gasteiger partial charge in [-0.05, 0) is 74.7 Å². The Labute approximate surface area is 248 Å². The van der Waals surface area contributed by atoms with E-state index in [9.17, 15) is 0 Å². The van der Waals surface area contributed by atoms with Crippen molar-refractivity contribution in [1.82, 2.24) is 15.0 Å². The molecule has 3 aromatic heterocycles. The number of hydrogen-bond donors (Lipinski definition) is 1. The number of nitrogens with zero attached hydrogens (tertiary/aromatic N) is 3. The molecule has 216 valence electrons. The van der Waals surface area contributed by atoms with Crippen molar-refractivity contribution in [3.05, 3.63) is 89.2 Å². The lowest BCUT2D eigenvalue weighted by molar-refractivity contribution is 0.588. The monoisotopic (exact) mass is 548 g/mol. The van der Waals surface area contributed by atoms with Crippen LogP contribution in [0.4, 0.5) is 11.5 Å². The van der Waals surface area contributed by atoms with Crippen molar-refractivity contribution in [3.63, 3.8) is 0 Å². The highest BCUT2D eigenvalue weighted by Crippen LogP contribution is 2.38. The van der Waals surface area contributed by atoms with Gasteiger partial charge < -0.3 is 5.32 Å². The average Bonchev–Trinajstić information content (AvgIpc) is 2.86. The third-order valence-electron chi connectivity index (χ3n) is 7.59. The molecule has 1 N–H and O–H groups in total. The topological polar surface area (TPSA) is 50.7 Å². The van der Waals surface area contributed by atoms with Crippen LogP contribution in [0.5, 0.6) is 0 Å². The van der Waals surface area contributed by atoms with Gasteiger partial charge in [0.1, 0.15) is 5.82 Å². The Hall–Kier alpha value is -3.53. The molecule has 0 aliphatic carbocycles. The molecule has 0 fully saturated rings. The number of pyridine rings is 3. The summed E-state index contributed by atoms with van der Waals surface area (Å²) in [7, 11) is 0. The van der Waals surface area contributed by atoms with Gasteiger partial charge in [0.2, 0.25) is 0 Å². The molecule has 4 nitrogen and oxygen atoms in total. The molecule has 3 heterocycles. The highest BCUT2D eigenvalue weighted by atomic mass is 15.0. The van der Waals surface area contributed by atoms with Gasteiger partial charge in [-0.1, -0.05) is 101 Å². The second kappa shape index (κ2) is 10.7. The Morgan fingerprint density at radius 1 is 0.488 bits per heavy atom. The molecule has 0 saturated heterocycles. The lowest BCUT2D eigenvalue weighted by Gasteiger charge is -2.27. The standard InChI is InChI=1S/C37H48N4/c1-34(2,3)25-17-19-38-30(22-25)24-13-14-27(36(7,8)9)31(21-24)41-33-28(37(10,11)12)15-16-29(40-33)32-23-26(18-20-39-32)35(4,5)6/h13-23H,1-12H3,(H,40,41). The van der Waals surface area contributed by atoms with Gasteiger partial charge in [0.15, 0.2) is 0 Å². The highest BCUT2D eigenvalue weighted by Gasteiger charge is 2.25. The molecule has 0 unspecified atom stereocenters. The zero-order valence-electron chi connectivity index (χ0n) is 27.2. The molecule has 0 radical (unpaired) electrons. The first-order valence-corrected chi connectivity index (χ1v) is 14.7. The minimum atomic E-state index is -0.101. The molecule has 0 spiro atoms. The summed E-state index contributed by atoms with van der Waals surface area (Å²) in [6.45, 7) is 26.8. The molecule has 4 rings (SSSR count). The maximum Gasteiger partial charge on any atom is 0.134 e. The maximum atomic E-state index is 5.21. The fourth-order valence-electron chi connectivity index (χ4n) is 4.98. The van der Waals surface area contributed by atoms with Gasteiger partial charge >= 0.3 is 0 Å². The Morgan fingerprint density at radius 2 is 1.00 bits per heavy atom. The van der Waals surface area contributed by atoms with Crippen LogP contribution in [0.2, 0.25) is 0 Å². The number of nitrogens with one attached hydrogen (secondary N) is 1. The fourth-order valence-corrected chi connectivity index (χ4v) is 4.98. The van der Waals surface area contributed by atoms with Crippen molar-refractivity contribution < 1.29 is 0 Å². The zero-order chi connectivity index (χ0) is 30.4. The number of hydrogen-bond acceptors (Lipinski definition) is 4. The SMILES string of the molecule is CC(C)(C)c1ccnc(-c2ccc(C(C)(C)C)c(Nc3nc(-c4cc(C(C)(C)C)ccn4)ccc3C(C)(C)C)c2)c1. The van der Waals surface area contributed by atoms with E-state index in [4.69, 9.17) is 15.0 Å². The first-order chi connectivity index (χ1) is 18.8. The summed E-state index contributed by atoms with van der Waals surface area (Å²) in [5, 5.41) is 3.80. The van der Waals surface area contributed by atoms with E-state index in [1.54, 1.807) is 0 Å². The van der Waals surface area contributed by atoms with Crippen molar-refractivity contribution in [2.45, 2.75) is 105 Å². The minimum Gasteiger partial charge on any atom is -0.340 e. The van der Waals surface area contributed by atoms with Crippen molar-refractivity contribution in [1.29, 1.82) is 0 Å². The van der Waals surface area contributed by atoms with Crippen LogP contribution in [0, 0.1) is 0 Å². The van der Waals surface area contributed by atoms with E-state index >= 15 is 0 Å². The molecule has 41 heavy (non-hydrogen) atoms. The Bertz CT molecular complexity index is 1420. The number of aromatic nitrogens is 3. The molecule has 0 saturated carbocycles. The average molecular weight is 549 g/mol. The summed E-state index contributed by atoms with van der Waals surface area (Å²) in [4.78, 5) is 14.7. The lowest BCUT2D eigenvalue weighted by atomic mass is 9.83. The molecule has 0 aliphatic rings. The van der Waals surface area contributed by atoms with Crippen LogP contribution < -0.4 is 5.32 Å². The molecule has 4 aromatic rings. The van der Waals surface area contributed by atoms with Crippen molar-refractivity contribution in [2.24, 2.45) is 0 Å². The Morgan fingerprint density at radius 3 is 1.54 bits per heavy atom. The van der Waals surface area contributed by atoms with Crippen LogP contribution in [0.15, 0.2) is 67.0 Å². The van der Waals surface area contributed by atoms with E-state index in [1.165, 1.54) is 16.7 Å². The number of rotatable bonds is 4. The first-order valence-electron chi connectivity index (χ1n) is 14.7. The third-order valence-corrected chi connectivity index (χ3v) is 7.59. The fraction of sp³-hybridized carbons (Fsp3) is 0.432. The lowest BCUT2D eigenvalue weighted by Crippen LogP contribution is -2.18. The summed E-state index contributed by atoms with van der Waals surface area (Å²) < 4.78 is 0. The second-order valence-electron chi connectivity index (χ2n) is 15.3. The number of anilines is 2. The van der Waals surface area contributed by atoms with E-state index in [0.29, 0.717) is 0 Å². The molecule has 1 aromatic carbocycles. The Balaban J connectivity index is 1.87. The minimum absolute atomic E-state index is 0.0322. The first kappa shape index (κ1) is 30.4. The van der Waals surface area contributed by atoms with Gasteiger partial charge in [-0.2, -0.15) is 0 Å². The summed E-state index contributed by atoms with van der Waals surface area (Å²) in [6.07, 6.45) is 3.81. The molecular formula is C37H48N4. The smallest absolute Gasteiger partial charge is 0.134 e. The van der Waals surface area contributed by atoms with E-state index in [-0.39, 0.29) is 21.7 Å². The van der Waals surface area contributed by atoms with E-state index in [0.717, 1.165) is 39.7 Å². The molecular weight excluding hydrogens is 500 g/mol. The van der Waals surface area contributed by atoms with Crippen molar-refractivity contribution >= 4 is 11.5 Å². The Kier molecular flexibility index (Phi) is 7.94. The normalized spacial score (nSPS) is 12.9. The van der Waals surface area contributed by atoms with Gasteiger partial charge in [-0.15, -0.1) is 0 Å². The van der Waals surface area contributed by atoms with Crippen LogP contribution in [0.25, 0.3) is 22.6 Å². The zero-order valence-corrected chi connectivity index (χ0v) is 27.2. The van der Waals surface area contributed by atoms with Crippen LogP contribution in [0.3, 0.4) is 0 Å². The van der Waals surface area contributed by atoms with Gasteiger partial charge in [-0.25, -0.2) is 4.98 Å². The van der Waals surface area contributed by atoms with Crippen LogP contribution in [0.1, 0.15) is 105 Å². The van der Waals surface area contributed by atoms with Crippen LogP contribution in [-0.2, 0) is 21.7 Å². The molecule has 4 heteroatoms. The van der Waals surface area contributed by atoms with Crippen LogP contribution >= 0.6 is 0 Å². The molecule has 0 aliphatic heterocycles. The van der Waals surface area contributed by atoms with Gasteiger partial charge in [-0.3, -0.25) is 9.97 Å². The second-order valence-corrected chi connectivity index (χ2v) is 15.3. The van der Waals surface area contributed by atoms with Crippen molar-refractivity contribution in [2.75, 3.05) is 5.32 Å². The van der Waals surface area contributed by atoms with Gasteiger partial charge in [0, 0.05) is 29.2 Å². The predicted molar refractivity (Wildman–Crippen MR) is 175 cm³/mol. The van der Waals surface area contributed by atoms with E-state index in [1.807, 2.05) is 12.4 Å². The summed E-state index contributed by atoms with van der Waals surface area (Å²) in [5.41, 5.74) is 9.66. The van der Waals surface area contributed by atoms with E-state index < -0.39 is 0 Å². The largest absolute Gasteiger partial charge is 0.340 e. The summed E-state index contributed by atoms with van der Waals surface area (Å²) in [6, 6.07) is 19.5. The van der Waals surface area contributed by atoms with Crippen molar-refractivity contribution in [3.8, 4) is 22.6 Å². The summed E-state index contributed by atoms with van der Waals surface area (Å²) >= 11 is 0. The summed E-state index contributed by atoms with van der Waals surface area (Å²) in [5.74, 6) is 0.858. The maximum absolute atomic E-state index is 5.21. The van der Waals surface area contributed by atoms with Gasteiger partial charge in [0.05, 0.1) is 17.1 Å². The molecule has 0 atom stereocenters. The quantitative estimate of drug-likeness (QED) is 0.276. The molecule has 0 bridgehead atoms. The highest BCUT2D eigenvalue weighted by molar-refractivity contribution is 5.74. The van der Waals surface area contributed by atoms with Gasteiger partial charge in [0.25, 0.3) is 0 Å².